The molecule has 2 unspecified atom stereocenters. The quantitative estimate of drug-likeness (QED) is 0.479. The third kappa shape index (κ3) is 2.93. The van der Waals surface area contributed by atoms with Crippen LogP contribution in [0.1, 0.15) is 29.3 Å². The molecule has 1 fully saturated rings. The van der Waals surface area contributed by atoms with E-state index in [4.69, 9.17) is 11.6 Å². The lowest BCUT2D eigenvalue weighted by Gasteiger charge is -2.34. The number of nitro groups is 1. The smallest absolute Gasteiger partial charge is 0.273 e. The molecule has 0 saturated carbocycles. The zero-order valence-electron chi connectivity index (χ0n) is 11.5. The Balaban J connectivity index is 2.21. The lowest BCUT2D eigenvalue weighted by atomic mass is 9.98. The predicted octanol–water partition coefficient (Wildman–Crippen LogP) is 2.99. The van der Waals surface area contributed by atoms with E-state index < -0.39 is 4.92 Å². The van der Waals surface area contributed by atoms with Gasteiger partial charge >= 0.3 is 0 Å². The second-order valence-corrected chi connectivity index (χ2v) is 5.85. The van der Waals surface area contributed by atoms with E-state index in [2.05, 4.69) is 0 Å². The van der Waals surface area contributed by atoms with Gasteiger partial charge in [-0.15, -0.1) is 11.6 Å². The minimum absolute atomic E-state index is 0.0175. The Morgan fingerprint density at radius 2 is 2.20 bits per heavy atom. The summed E-state index contributed by atoms with van der Waals surface area (Å²) in [6.07, 6.45) is 0.752. The number of rotatable bonds is 2. The zero-order valence-corrected chi connectivity index (χ0v) is 12.3. The zero-order chi connectivity index (χ0) is 14.9. The maximum absolute atomic E-state index is 12.4. The molecule has 0 spiro atoms. The number of nitro benzene ring substituents is 1. The fourth-order valence-electron chi connectivity index (χ4n) is 2.42. The number of aryl methyl sites for hydroxylation is 1. The Hall–Kier alpha value is -1.62. The molecule has 1 aliphatic rings. The third-order valence-electron chi connectivity index (χ3n) is 3.74. The second-order valence-electron chi connectivity index (χ2n) is 5.29. The average molecular weight is 297 g/mol. The van der Waals surface area contributed by atoms with Crippen LogP contribution in [0.15, 0.2) is 18.2 Å². The monoisotopic (exact) mass is 296 g/mol. The van der Waals surface area contributed by atoms with Crippen LogP contribution in [0.25, 0.3) is 0 Å². The van der Waals surface area contributed by atoms with Crippen LogP contribution >= 0.6 is 11.6 Å². The van der Waals surface area contributed by atoms with Crippen LogP contribution in [-0.2, 0) is 0 Å². The summed E-state index contributed by atoms with van der Waals surface area (Å²) < 4.78 is 0. The summed E-state index contributed by atoms with van der Waals surface area (Å²) in [6, 6.07) is 4.61. The molecule has 2 atom stereocenters. The third-order valence-corrected chi connectivity index (χ3v) is 4.39. The first-order chi connectivity index (χ1) is 9.40. The molecule has 0 N–H and O–H groups in total. The first-order valence-electron chi connectivity index (χ1n) is 6.58. The minimum atomic E-state index is -0.459. The van der Waals surface area contributed by atoms with Gasteiger partial charge in [0.15, 0.2) is 0 Å². The highest BCUT2D eigenvalue weighted by molar-refractivity contribution is 6.20. The van der Waals surface area contributed by atoms with Crippen molar-refractivity contribution in [2.24, 2.45) is 5.92 Å². The van der Waals surface area contributed by atoms with E-state index in [1.807, 2.05) is 6.92 Å². The van der Waals surface area contributed by atoms with Gasteiger partial charge in [0.1, 0.15) is 0 Å². The van der Waals surface area contributed by atoms with Gasteiger partial charge in [-0.3, -0.25) is 14.9 Å². The Bertz CT molecular complexity index is 547. The lowest BCUT2D eigenvalue weighted by molar-refractivity contribution is -0.385. The van der Waals surface area contributed by atoms with Crippen molar-refractivity contribution < 1.29 is 9.72 Å². The number of piperidine rings is 1. The number of alkyl halides is 1. The van der Waals surface area contributed by atoms with Crippen LogP contribution < -0.4 is 0 Å². The van der Waals surface area contributed by atoms with Gasteiger partial charge in [0.05, 0.1) is 4.92 Å². The molecular weight excluding hydrogens is 280 g/mol. The van der Waals surface area contributed by atoms with Crippen molar-refractivity contribution in [3.8, 4) is 0 Å². The van der Waals surface area contributed by atoms with Gasteiger partial charge in [-0.1, -0.05) is 13.0 Å². The largest absolute Gasteiger partial charge is 0.338 e. The molecular formula is C14H17ClN2O3. The van der Waals surface area contributed by atoms with Gasteiger partial charge in [0.25, 0.3) is 11.6 Å². The molecule has 0 aliphatic carbocycles. The number of carbonyl (C=O) groups is 1. The molecule has 1 saturated heterocycles. The molecule has 2 rings (SSSR count). The number of amides is 1. The number of hydrogen-bond donors (Lipinski definition) is 0. The number of likely N-dealkylation sites (tertiary alicyclic amines) is 1. The van der Waals surface area contributed by atoms with Crippen molar-refractivity contribution in [2.75, 3.05) is 13.1 Å². The molecule has 1 aromatic rings. The molecule has 1 aliphatic heterocycles. The summed E-state index contributed by atoms with van der Waals surface area (Å²) >= 11 is 6.14. The molecule has 5 nitrogen and oxygen atoms in total. The normalized spacial score (nSPS) is 22.6. The van der Waals surface area contributed by atoms with E-state index in [9.17, 15) is 14.9 Å². The summed E-state index contributed by atoms with van der Waals surface area (Å²) in [5.74, 6) is 0.0679. The number of benzene rings is 1. The van der Waals surface area contributed by atoms with Crippen LogP contribution in [-0.4, -0.2) is 34.2 Å². The highest BCUT2D eigenvalue weighted by Gasteiger charge is 2.28. The van der Waals surface area contributed by atoms with Gasteiger partial charge in [0, 0.05) is 35.7 Å². The highest BCUT2D eigenvalue weighted by Crippen LogP contribution is 2.25. The molecule has 0 aromatic heterocycles. The maximum atomic E-state index is 12.4. The molecule has 20 heavy (non-hydrogen) atoms. The fourth-order valence-corrected chi connectivity index (χ4v) is 2.60. The van der Waals surface area contributed by atoms with Gasteiger partial charge < -0.3 is 4.90 Å². The molecule has 1 amide bonds. The van der Waals surface area contributed by atoms with E-state index >= 15 is 0 Å². The topological polar surface area (TPSA) is 63.5 Å². The molecule has 6 heteroatoms. The Morgan fingerprint density at radius 1 is 1.50 bits per heavy atom. The van der Waals surface area contributed by atoms with Crippen LogP contribution in [0.2, 0.25) is 0 Å². The van der Waals surface area contributed by atoms with Crippen LogP contribution in [0.4, 0.5) is 5.69 Å². The van der Waals surface area contributed by atoms with Crippen molar-refractivity contribution in [3.05, 3.63) is 39.4 Å². The minimum Gasteiger partial charge on any atom is -0.338 e. The van der Waals surface area contributed by atoms with Gasteiger partial charge in [-0.05, 0) is 25.3 Å². The molecule has 108 valence electrons. The highest BCUT2D eigenvalue weighted by atomic mass is 35.5. The van der Waals surface area contributed by atoms with Crippen LogP contribution in [0.5, 0.6) is 0 Å². The van der Waals surface area contributed by atoms with E-state index in [1.54, 1.807) is 24.0 Å². The van der Waals surface area contributed by atoms with Crippen molar-refractivity contribution in [1.82, 2.24) is 4.90 Å². The van der Waals surface area contributed by atoms with Gasteiger partial charge in [-0.2, -0.15) is 0 Å². The first kappa shape index (κ1) is 14.8. The van der Waals surface area contributed by atoms with E-state index in [0.717, 1.165) is 6.42 Å². The Labute approximate surface area is 122 Å². The number of carbonyl (C=O) groups excluding carboxylic acids is 1. The number of nitrogens with zero attached hydrogens (tertiary/aromatic N) is 2. The molecule has 0 bridgehead atoms. The van der Waals surface area contributed by atoms with Crippen molar-refractivity contribution >= 4 is 23.2 Å². The van der Waals surface area contributed by atoms with Gasteiger partial charge in [-0.25, -0.2) is 0 Å². The second kappa shape index (κ2) is 5.79. The van der Waals surface area contributed by atoms with Crippen LogP contribution in [0, 0.1) is 23.0 Å². The average Bonchev–Trinajstić information content (AvgIpc) is 2.41. The fraction of sp³-hybridized carbons (Fsp3) is 0.500. The van der Waals surface area contributed by atoms with Crippen molar-refractivity contribution in [2.45, 2.75) is 25.6 Å². The Morgan fingerprint density at radius 3 is 2.80 bits per heavy atom. The van der Waals surface area contributed by atoms with Crippen molar-refractivity contribution in [3.63, 3.8) is 0 Å². The Kier molecular flexibility index (Phi) is 4.28. The summed E-state index contributed by atoms with van der Waals surface area (Å²) in [4.78, 5) is 24.6. The van der Waals surface area contributed by atoms with Crippen molar-refractivity contribution in [1.29, 1.82) is 0 Å². The predicted molar refractivity (Wildman–Crippen MR) is 77.2 cm³/mol. The van der Waals surface area contributed by atoms with E-state index in [0.29, 0.717) is 24.2 Å². The van der Waals surface area contributed by atoms with E-state index in [-0.39, 0.29) is 22.9 Å². The molecule has 0 radical (unpaired) electrons. The SMILES string of the molecule is Cc1ccc(C(=O)N2CCC(Cl)C(C)C2)cc1[N+](=O)[O-]. The summed E-state index contributed by atoms with van der Waals surface area (Å²) in [7, 11) is 0. The summed E-state index contributed by atoms with van der Waals surface area (Å²) in [5.41, 5.74) is 0.901. The molecule has 1 aromatic carbocycles. The maximum Gasteiger partial charge on any atom is 0.273 e. The molecule has 1 heterocycles. The van der Waals surface area contributed by atoms with Crippen LogP contribution in [0.3, 0.4) is 0 Å². The summed E-state index contributed by atoms with van der Waals surface area (Å²) in [5, 5.41) is 11.0. The van der Waals surface area contributed by atoms with E-state index in [1.165, 1.54) is 6.07 Å². The number of halogens is 1. The lowest BCUT2D eigenvalue weighted by Crippen LogP contribution is -2.43. The summed E-state index contributed by atoms with van der Waals surface area (Å²) in [6.45, 7) is 4.86. The standard InChI is InChI=1S/C14H17ClN2O3/c1-9-3-4-11(7-13(9)17(19)20)14(18)16-6-5-12(15)10(2)8-16/h3-4,7,10,12H,5-6,8H2,1-2H3. The number of hydrogen-bond acceptors (Lipinski definition) is 3. The first-order valence-corrected chi connectivity index (χ1v) is 7.02. The van der Waals surface area contributed by atoms with Gasteiger partial charge in [0.2, 0.25) is 0 Å².